The van der Waals surface area contributed by atoms with Crippen LogP contribution in [0.1, 0.15) is 45.4 Å². The predicted molar refractivity (Wildman–Crippen MR) is 76.2 cm³/mol. The van der Waals surface area contributed by atoms with E-state index in [2.05, 4.69) is 30.6 Å². The summed E-state index contributed by atoms with van der Waals surface area (Å²) in [5.41, 5.74) is 0. The quantitative estimate of drug-likeness (QED) is 0.486. The third kappa shape index (κ3) is 5.40. The van der Waals surface area contributed by atoms with Crippen molar-refractivity contribution in [3.05, 3.63) is 12.7 Å². The highest BCUT2D eigenvalue weighted by Crippen LogP contribution is 2.28. The van der Waals surface area contributed by atoms with Crippen LogP contribution in [0.2, 0.25) is 0 Å². The Labute approximate surface area is 105 Å². The van der Waals surface area contributed by atoms with Gasteiger partial charge in [0.2, 0.25) is 0 Å². The summed E-state index contributed by atoms with van der Waals surface area (Å²) in [5.74, 6) is 3.69. The highest BCUT2D eigenvalue weighted by molar-refractivity contribution is 7.99. The summed E-state index contributed by atoms with van der Waals surface area (Å²) in [6.45, 7) is 7.12. The maximum atomic E-state index is 3.77. The molecule has 0 aromatic rings. The van der Waals surface area contributed by atoms with Crippen molar-refractivity contribution in [2.45, 2.75) is 51.5 Å². The Morgan fingerprint density at radius 1 is 1.44 bits per heavy atom. The molecule has 0 aromatic carbocycles. The van der Waals surface area contributed by atoms with Gasteiger partial charge in [-0.1, -0.05) is 25.8 Å². The number of unbranched alkanes of at least 4 members (excludes halogenated alkanes) is 3. The second-order valence-corrected chi connectivity index (χ2v) is 5.86. The van der Waals surface area contributed by atoms with E-state index in [1.165, 1.54) is 50.0 Å². The molecule has 1 N–H and O–H groups in total. The number of hydrogen-bond acceptors (Lipinski definition) is 2. The van der Waals surface area contributed by atoms with Gasteiger partial charge in [-0.15, -0.1) is 6.58 Å². The van der Waals surface area contributed by atoms with Crippen molar-refractivity contribution in [1.29, 1.82) is 0 Å². The van der Waals surface area contributed by atoms with Crippen LogP contribution in [0.25, 0.3) is 0 Å². The van der Waals surface area contributed by atoms with Crippen molar-refractivity contribution < 1.29 is 0 Å². The van der Waals surface area contributed by atoms with Gasteiger partial charge in [0.15, 0.2) is 0 Å². The second-order valence-electron chi connectivity index (χ2n) is 4.71. The minimum Gasteiger partial charge on any atom is -0.314 e. The van der Waals surface area contributed by atoms with Crippen LogP contribution >= 0.6 is 11.8 Å². The Kier molecular flexibility index (Phi) is 8.04. The normalized spacial score (nSPS) is 22.2. The molecule has 0 amide bonds. The standard InChI is InChI=1S/C14H27NS/c1-3-5-6-7-8-9-14(15-4-2)13-10-11-16-12-13/h3,13-15H,1,4-12H2,2H3. The Hall–Kier alpha value is 0.0500. The number of rotatable bonds is 9. The lowest BCUT2D eigenvalue weighted by Crippen LogP contribution is -2.36. The summed E-state index contributed by atoms with van der Waals surface area (Å²) < 4.78 is 0. The number of hydrogen-bond donors (Lipinski definition) is 1. The molecule has 2 heteroatoms. The summed E-state index contributed by atoms with van der Waals surface area (Å²) in [6, 6.07) is 0.781. The summed E-state index contributed by atoms with van der Waals surface area (Å²) >= 11 is 2.13. The lowest BCUT2D eigenvalue weighted by atomic mass is 9.94. The van der Waals surface area contributed by atoms with Crippen molar-refractivity contribution in [2.24, 2.45) is 5.92 Å². The molecule has 94 valence electrons. The lowest BCUT2D eigenvalue weighted by molar-refractivity contribution is 0.357. The molecule has 0 spiro atoms. The van der Waals surface area contributed by atoms with Crippen molar-refractivity contribution in [2.75, 3.05) is 18.1 Å². The summed E-state index contributed by atoms with van der Waals surface area (Å²) in [4.78, 5) is 0. The van der Waals surface area contributed by atoms with E-state index in [0.29, 0.717) is 0 Å². The van der Waals surface area contributed by atoms with Gasteiger partial charge in [0.05, 0.1) is 0 Å². The van der Waals surface area contributed by atoms with Gasteiger partial charge in [-0.25, -0.2) is 0 Å². The molecule has 1 aliphatic heterocycles. The Morgan fingerprint density at radius 3 is 2.94 bits per heavy atom. The molecule has 1 rings (SSSR count). The first kappa shape index (κ1) is 14.1. The molecule has 1 saturated heterocycles. The molecule has 1 aliphatic rings. The largest absolute Gasteiger partial charge is 0.314 e. The fourth-order valence-corrected chi connectivity index (χ4v) is 3.80. The molecule has 0 aliphatic carbocycles. The van der Waals surface area contributed by atoms with Crippen LogP contribution in [0.5, 0.6) is 0 Å². The van der Waals surface area contributed by atoms with Crippen LogP contribution in [0.15, 0.2) is 12.7 Å². The minimum absolute atomic E-state index is 0.781. The topological polar surface area (TPSA) is 12.0 Å². The van der Waals surface area contributed by atoms with Gasteiger partial charge in [0, 0.05) is 6.04 Å². The first-order valence-electron chi connectivity index (χ1n) is 6.80. The van der Waals surface area contributed by atoms with E-state index >= 15 is 0 Å². The van der Waals surface area contributed by atoms with E-state index in [-0.39, 0.29) is 0 Å². The molecule has 1 fully saturated rings. The Morgan fingerprint density at radius 2 is 2.31 bits per heavy atom. The monoisotopic (exact) mass is 241 g/mol. The van der Waals surface area contributed by atoms with Gasteiger partial charge in [0.1, 0.15) is 0 Å². The van der Waals surface area contributed by atoms with Gasteiger partial charge in [0.25, 0.3) is 0 Å². The van der Waals surface area contributed by atoms with E-state index in [0.717, 1.165) is 18.5 Å². The minimum atomic E-state index is 0.781. The summed E-state index contributed by atoms with van der Waals surface area (Å²) in [6.07, 6.45) is 10.1. The maximum absolute atomic E-state index is 3.77. The number of thioether (sulfide) groups is 1. The van der Waals surface area contributed by atoms with Gasteiger partial charge >= 0.3 is 0 Å². The molecule has 0 radical (unpaired) electrons. The average Bonchev–Trinajstić information content (AvgIpc) is 2.81. The fourth-order valence-electron chi connectivity index (χ4n) is 2.47. The zero-order valence-electron chi connectivity index (χ0n) is 10.7. The van der Waals surface area contributed by atoms with Crippen molar-refractivity contribution in [3.8, 4) is 0 Å². The number of nitrogens with one attached hydrogen (secondary N) is 1. The van der Waals surface area contributed by atoms with E-state index in [1.807, 2.05) is 6.08 Å². The molecule has 1 heterocycles. The maximum Gasteiger partial charge on any atom is 0.0103 e. The molecule has 2 unspecified atom stereocenters. The second kappa shape index (κ2) is 9.12. The van der Waals surface area contributed by atoms with E-state index in [1.54, 1.807) is 0 Å². The zero-order chi connectivity index (χ0) is 11.6. The van der Waals surface area contributed by atoms with E-state index in [9.17, 15) is 0 Å². The predicted octanol–water partition coefficient (Wildman–Crippen LogP) is 3.85. The molecule has 0 bridgehead atoms. The van der Waals surface area contributed by atoms with E-state index < -0.39 is 0 Å². The molecule has 2 atom stereocenters. The van der Waals surface area contributed by atoms with Crippen molar-refractivity contribution in [1.82, 2.24) is 5.32 Å². The van der Waals surface area contributed by atoms with Crippen LogP contribution in [-0.4, -0.2) is 24.1 Å². The summed E-state index contributed by atoms with van der Waals surface area (Å²) in [7, 11) is 0. The highest BCUT2D eigenvalue weighted by Gasteiger charge is 2.23. The fraction of sp³-hybridized carbons (Fsp3) is 0.857. The van der Waals surface area contributed by atoms with Crippen LogP contribution in [-0.2, 0) is 0 Å². The van der Waals surface area contributed by atoms with Crippen molar-refractivity contribution in [3.63, 3.8) is 0 Å². The van der Waals surface area contributed by atoms with Crippen molar-refractivity contribution >= 4 is 11.8 Å². The van der Waals surface area contributed by atoms with Crippen LogP contribution in [0.4, 0.5) is 0 Å². The van der Waals surface area contributed by atoms with Gasteiger partial charge < -0.3 is 5.32 Å². The summed E-state index contributed by atoms with van der Waals surface area (Å²) in [5, 5.41) is 3.68. The van der Waals surface area contributed by atoms with Crippen LogP contribution < -0.4 is 5.32 Å². The molecule has 16 heavy (non-hydrogen) atoms. The molecule has 1 nitrogen and oxygen atoms in total. The van der Waals surface area contributed by atoms with Crippen LogP contribution in [0.3, 0.4) is 0 Å². The Balaban J connectivity index is 2.14. The number of allylic oxidation sites excluding steroid dienone is 1. The molecule has 0 saturated carbocycles. The SMILES string of the molecule is C=CCCCCCC(NCC)C1CCSC1. The van der Waals surface area contributed by atoms with Gasteiger partial charge in [-0.3, -0.25) is 0 Å². The van der Waals surface area contributed by atoms with Gasteiger partial charge in [-0.05, 0) is 49.7 Å². The smallest absolute Gasteiger partial charge is 0.0103 e. The lowest BCUT2D eigenvalue weighted by Gasteiger charge is -2.23. The van der Waals surface area contributed by atoms with E-state index in [4.69, 9.17) is 0 Å². The highest BCUT2D eigenvalue weighted by atomic mass is 32.2. The van der Waals surface area contributed by atoms with Gasteiger partial charge in [-0.2, -0.15) is 11.8 Å². The molecular weight excluding hydrogens is 214 g/mol. The molecular formula is C14H27NS. The van der Waals surface area contributed by atoms with Crippen LogP contribution in [0, 0.1) is 5.92 Å². The third-order valence-electron chi connectivity index (χ3n) is 3.42. The average molecular weight is 241 g/mol. The first-order valence-corrected chi connectivity index (χ1v) is 7.96. The first-order chi connectivity index (χ1) is 7.88. The third-order valence-corrected chi connectivity index (χ3v) is 4.61. The Bertz CT molecular complexity index is 176. The zero-order valence-corrected chi connectivity index (χ0v) is 11.5. The molecule has 0 aromatic heterocycles.